The van der Waals surface area contributed by atoms with E-state index in [-0.39, 0.29) is 18.1 Å². The van der Waals surface area contributed by atoms with Crippen molar-refractivity contribution >= 4 is 11.9 Å². The number of amides is 1. The molecule has 0 spiro atoms. The molecule has 1 heterocycles. The van der Waals surface area contributed by atoms with Crippen LogP contribution >= 0.6 is 0 Å². The van der Waals surface area contributed by atoms with Crippen molar-refractivity contribution in [2.24, 2.45) is 0 Å². The molecule has 1 aromatic carbocycles. The van der Waals surface area contributed by atoms with E-state index in [1.807, 2.05) is 0 Å². The minimum absolute atomic E-state index is 0.181. The van der Waals surface area contributed by atoms with Crippen LogP contribution in [0.4, 0.5) is 10.3 Å². The first-order valence-electron chi connectivity index (χ1n) is 5.77. The highest BCUT2D eigenvalue weighted by Gasteiger charge is 2.04. The lowest BCUT2D eigenvalue weighted by molar-refractivity contribution is -0.116. The summed E-state index contributed by atoms with van der Waals surface area (Å²) in [5, 5.41) is 8.68. The minimum atomic E-state index is -0.347. The summed E-state index contributed by atoms with van der Waals surface area (Å²) in [6.45, 7) is 0.341. The van der Waals surface area contributed by atoms with Crippen LogP contribution in [0, 0.1) is 5.82 Å². The number of H-pyrrole nitrogens is 1. The quantitative estimate of drug-likeness (QED) is 0.779. The van der Waals surface area contributed by atoms with Gasteiger partial charge in [-0.05, 0) is 18.6 Å². The number of ether oxygens (including phenoxy) is 1. The van der Waals surface area contributed by atoms with Gasteiger partial charge in [-0.15, -0.1) is 0 Å². The second-order valence-corrected chi connectivity index (χ2v) is 3.79. The van der Waals surface area contributed by atoms with Crippen molar-refractivity contribution in [2.75, 3.05) is 11.9 Å². The molecule has 0 aliphatic carbocycles. The first kappa shape index (κ1) is 13.0. The van der Waals surface area contributed by atoms with Crippen molar-refractivity contribution in [3.05, 3.63) is 36.4 Å². The number of nitrogens with zero attached hydrogens (tertiary/aromatic N) is 2. The van der Waals surface area contributed by atoms with Crippen LogP contribution in [0.3, 0.4) is 0 Å². The molecular weight excluding hydrogens is 251 g/mol. The highest BCUT2D eigenvalue weighted by molar-refractivity contribution is 5.88. The highest BCUT2D eigenvalue weighted by atomic mass is 19.1. The Morgan fingerprint density at radius 3 is 3.11 bits per heavy atom. The van der Waals surface area contributed by atoms with E-state index in [4.69, 9.17) is 4.74 Å². The number of aromatic nitrogens is 3. The summed E-state index contributed by atoms with van der Waals surface area (Å²) in [7, 11) is 0. The maximum absolute atomic E-state index is 12.9. The number of anilines is 1. The number of carbonyl (C=O) groups excluding carboxylic acids is 1. The maximum Gasteiger partial charge on any atom is 0.226 e. The van der Waals surface area contributed by atoms with E-state index in [2.05, 4.69) is 20.5 Å². The van der Waals surface area contributed by atoms with Gasteiger partial charge in [-0.3, -0.25) is 10.1 Å². The zero-order chi connectivity index (χ0) is 13.5. The second-order valence-electron chi connectivity index (χ2n) is 3.79. The number of hydrogen-bond acceptors (Lipinski definition) is 4. The van der Waals surface area contributed by atoms with Gasteiger partial charge >= 0.3 is 0 Å². The van der Waals surface area contributed by atoms with Crippen molar-refractivity contribution in [1.82, 2.24) is 15.2 Å². The van der Waals surface area contributed by atoms with Gasteiger partial charge in [0.15, 0.2) is 0 Å². The zero-order valence-electron chi connectivity index (χ0n) is 10.1. The van der Waals surface area contributed by atoms with Gasteiger partial charge in [-0.1, -0.05) is 6.07 Å². The van der Waals surface area contributed by atoms with Crippen LogP contribution in [0.25, 0.3) is 0 Å². The van der Waals surface area contributed by atoms with Gasteiger partial charge in [-0.25, -0.2) is 9.49 Å². The summed E-state index contributed by atoms with van der Waals surface area (Å²) in [4.78, 5) is 15.2. The van der Waals surface area contributed by atoms with E-state index >= 15 is 0 Å². The fraction of sp³-hybridized carbons (Fsp3) is 0.250. The standard InChI is InChI=1S/C12H13FN4O2/c13-9-3-1-4-10(7-9)19-6-2-5-11(18)16-12-14-8-15-17-12/h1,3-4,7-8H,2,5-6H2,(H2,14,15,16,17,18). The Kier molecular flexibility index (Phi) is 4.44. The first-order chi connectivity index (χ1) is 9.24. The predicted molar refractivity (Wildman–Crippen MR) is 66.1 cm³/mol. The van der Waals surface area contributed by atoms with Crippen LogP contribution in [-0.4, -0.2) is 27.7 Å². The lowest BCUT2D eigenvalue weighted by Gasteiger charge is -2.05. The summed E-state index contributed by atoms with van der Waals surface area (Å²) in [6.07, 6.45) is 2.12. The third-order valence-corrected chi connectivity index (χ3v) is 2.29. The molecule has 6 nitrogen and oxygen atoms in total. The Labute approximate surface area is 109 Å². The van der Waals surface area contributed by atoms with Crippen molar-refractivity contribution < 1.29 is 13.9 Å². The third-order valence-electron chi connectivity index (χ3n) is 2.29. The summed E-state index contributed by atoms with van der Waals surface area (Å²) in [5.41, 5.74) is 0. The fourth-order valence-corrected chi connectivity index (χ4v) is 1.44. The number of hydrogen-bond donors (Lipinski definition) is 2. The summed E-state index contributed by atoms with van der Waals surface area (Å²) >= 11 is 0. The number of halogens is 1. The molecule has 0 saturated heterocycles. The SMILES string of the molecule is O=C(CCCOc1cccc(F)c1)Nc1ncn[nH]1. The Hall–Kier alpha value is -2.44. The zero-order valence-corrected chi connectivity index (χ0v) is 10.1. The van der Waals surface area contributed by atoms with Gasteiger partial charge in [0.2, 0.25) is 11.9 Å². The van der Waals surface area contributed by atoms with Gasteiger partial charge in [0.1, 0.15) is 17.9 Å². The number of rotatable bonds is 6. The van der Waals surface area contributed by atoms with E-state index in [0.717, 1.165) is 0 Å². The molecule has 19 heavy (non-hydrogen) atoms. The molecule has 0 atom stereocenters. The summed E-state index contributed by atoms with van der Waals surface area (Å²) < 4.78 is 18.2. The lowest BCUT2D eigenvalue weighted by atomic mass is 10.3. The fourth-order valence-electron chi connectivity index (χ4n) is 1.44. The Morgan fingerprint density at radius 2 is 2.37 bits per heavy atom. The van der Waals surface area contributed by atoms with Crippen LogP contribution in [0.15, 0.2) is 30.6 Å². The molecule has 0 aliphatic heterocycles. The minimum Gasteiger partial charge on any atom is -0.493 e. The Balaban J connectivity index is 1.65. The normalized spacial score (nSPS) is 10.2. The molecular formula is C12H13FN4O2. The van der Waals surface area contributed by atoms with E-state index in [1.54, 1.807) is 12.1 Å². The van der Waals surface area contributed by atoms with Crippen molar-refractivity contribution in [1.29, 1.82) is 0 Å². The van der Waals surface area contributed by atoms with Crippen LogP contribution in [0.2, 0.25) is 0 Å². The van der Waals surface area contributed by atoms with Gasteiger partial charge in [0.25, 0.3) is 0 Å². The number of carbonyl (C=O) groups is 1. The first-order valence-corrected chi connectivity index (χ1v) is 5.77. The molecule has 0 aliphatic rings. The van der Waals surface area contributed by atoms with Crippen molar-refractivity contribution in [2.45, 2.75) is 12.8 Å². The molecule has 0 saturated carbocycles. The Bertz CT molecular complexity index is 530. The molecule has 1 aromatic heterocycles. The van der Waals surface area contributed by atoms with Gasteiger partial charge in [0.05, 0.1) is 6.61 Å². The van der Waals surface area contributed by atoms with Crippen LogP contribution in [0.1, 0.15) is 12.8 Å². The highest BCUT2D eigenvalue weighted by Crippen LogP contribution is 2.12. The monoisotopic (exact) mass is 264 g/mol. The molecule has 1 amide bonds. The summed E-state index contributed by atoms with van der Waals surface area (Å²) in [5.74, 6) is 0.242. The van der Waals surface area contributed by atoms with Gasteiger partial charge < -0.3 is 4.74 Å². The molecule has 0 fully saturated rings. The lowest BCUT2D eigenvalue weighted by Crippen LogP contribution is -2.13. The van der Waals surface area contributed by atoms with Crippen LogP contribution in [0.5, 0.6) is 5.75 Å². The number of benzene rings is 1. The van der Waals surface area contributed by atoms with Crippen molar-refractivity contribution in [3.63, 3.8) is 0 Å². The van der Waals surface area contributed by atoms with Gasteiger partial charge in [0, 0.05) is 12.5 Å². The topological polar surface area (TPSA) is 79.9 Å². The Morgan fingerprint density at radius 1 is 1.47 bits per heavy atom. The van der Waals surface area contributed by atoms with E-state index < -0.39 is 0 Å². The van der Waals surface area contributed by atoms with E-state index in [0.29, 0.717) is 24.7 Å². The van der Waals surface area contributed by atoms with Crippen LogP contribution < -0.4 is 10.1 Å². The maximum atomic E-state index is 12.9. The van der Waals surface area contributed by atoms with Crippen molar-refractivity contribution in [3.8, 4) is 5.75 Å². The number of nitrogens with one attached hydrogen (secondary N) is 2. The molecule has 0 radical (unpaired) electrons. The molecule has 0 unspecified atom stereocenters. The van der Waals surface area contributed by atoms with Gasteiger partial charge in [-0.2, -0.15) is 10.1 Å². The molecule has 2 N–H and O–H groups in total. The number of aromatic amines is 1. The third kappa shape index (κ3) is 4.38. The van der Waals surface area contributed by atoms with Crippen LogP contribution in [-0.2, 0) is 4.79 Å². The van der Waals surface area contributed by atoms with E-state index in [9.17, 15) is 9.18 Å². The smallest absolute Gasteiger partial charge is 0.226 e. The molecule has 2 aromatic rings. The second kappa shape index (κ2) is 6.48. The summed E-state index contributed by atoms with van der Waals surface area (Å²) in [6, 6.07) is 5.88. The largest absolute Gasteiger partial charge is 0.493 e. The molecule has 100 valence electrons. The average molecular weight is 264 g/mol. The molecule has 2 rings (SSSR count). The molecule has 0 bridgehead atoms. The molecule has 7 heteroatoms. The predicted octanol–water partition coefficient (Wildman–Crippen LogP) is 1.74. The van der Waals surface area contributed by atoms with E-state index in [1.165, 1.54) is 18.5 Å². The average Bonchev–Trinajstić information content (AvgIpc) is 2.87.